The van der Waals surface area contributed by atoms with Crippen molar-refractivity contribution in [2.24, 2.45) is 5.92 Å². The molecule has 2 aliphatic heterocycles. The number of nitrogens with zero attached hydrogens (tertiary/aromatic N) is 2. The van der Waals surface area contributed by atoms with Crippen molar-refractivity contribution in [1.29, 1.82) is 0 Å². The summed E-state index contributed by atoms with van der Waals surface area (Å²) in [5, 5.41) is 3.46. The highest BCUT2D eigenvalue weighted by Gasteiger charge is 2.31. The summed E-state index contributed by atoms with van der Waals surface area (Å²) in [4.78, 5) is 5.40. The number of piperidine rings is 1. The van der Waals surface area contributed by atoms with E-state index in [2.05, 4.69) is 15.1 Å². The van der Waals surface area contributed by atoms with Crippen LogP contribution in [0.25, 0.3) is 0 Å². The van der Waals surface area contributed by atoms with Crippen LogP contribution >= 0.6 is 24.8 Å². The third-order valence-corrected chi connectivity index (χ3v) is 4.78. The Hall–Kier alpha value is 0.460. The van der Waals surface area contributed by atoms with Crippen LogP contribution in [-0.4, -0.2) is 61.7 Å². The highest BCUT2D eigenvalue weighted by molar-refractivity contribution is 5.85. The van der Waals surface area contributed by atoms with Crippen LogP contribution in [0.4, 0.5) is 0 Å². The van der Waals surface area contributed by atoms with Gasteiger partial charge >= 0.3 is 0 Å². The normalized spacial score (nSPS) is 26.5. The number of hydrogen-bond donors (Lipinski definition) is 1. The Morgan fingerprint density at radius 2 is 1.47 bits per heavy atom. The second-order valence-electron chi connectivity index (χ2n) is 6.09. The smallest absolute Gasteiger partial charge is 0.0113 e. The summed E-state index contributed by atoms with van der Waals surface area (Å²) in [6.07, 6.45) is 7.18. The van der Waals surface area contributed by atoms with Gasteiger partial charge in [0.15, 0.2) is 0 Å². The topological polar surface area (TPSA) is 18.5 Å². The maximum atomic E-state index is 3.46. The molecule has 0 aromatic rings. The van der Waals surface area contributed by atoms with Gasteiger partial charge in [-0.25, -0.2) is 0 Å². The summed E-state index contributed by atoms with van der Waals surface area (Å²) >= 11 is 0. The van der Waals surface area contributed by atoms with E-state index < -0.39 is 0 Å². The number of piperazine rings is 1. The van der Waals surface area contributed by atoms with Gasteiger partial charge in [0, 0.05) is 32.2 Å². The molecule has 0 amide bonds. The molecule has 0 atom stereocenters. The van der Waals surface area contributed by atoms with Gasteiger partial charge in [-0.3, -0.25) is 4.90 Å². The van der Waals surface area contributed by atoms with Crippen molar-refractivity contribution in [2.75, 3.05) is 45.8 Å². The van der Waals surface area contributed by atoms with E-state index in [1.165, 1.54) is 77.9 Å². The Morgan fingerprint density at radius 1 is 0.842 bits per heavy atom. The molecule has 0 spiro atoms. The predicted octanol–water partition coefficient (Wildman–Crippen LogP) is 2.00. The first-order chi connectivity index (χ1) is 8.42. The van der Waals surface area contributed by atoms with Crippen LogP contribution in [0.15, 0.2) is 0 Å². The van der Waals surface area contributed by atoms with Crippen LogP contribution < -0.4 is 5.32 Å². The minimum atomic E-state index is 0. The van der Waals surface area contributed by atoms with Crippen LogP contribution in [0.1, 0.15) is 32.1 Å². The molecule has 5 heteroatoms. The molecule has 3 aliphatic rings. The third-order valence-electron chi connectivity index (χ3n) is 4.78. The molecule has 1 aliphatic carbocycles. The molecule has 1 N–H and O–H groups in total. The first kappa shape index (κ1) is 17.5. The van der Waals surface area contributed by atoms with Crippen molar-refractivity contribution >= 4 is 24.8 Å². The Kier molecular flexibility index (Phi) is 8.00. The zero-order chi connectivity index (χ0) is 11.5. The molecule has 1 saturated carbocycles. The van der Waals surface area contributed by atoms with E-state index in [1.807, 2.05) is 0 Å². The van der Waals surface area contributed by atoms with E-state index in [4.69, 9.17) is 0 Å². The number of hydrogen-bond acceptors (Lipinski definition) is 3. The van der Waals surface area contributed by atoms with Gasteiger partial charge < -0.3 is 10.2 Å². The predicted molar refractivity (Wildman–Crippen MR) is 85.7 cm³/mol. The maximum Gasteiger partial charge on any atom is 0.0113 e. The number of nitrogens with one attached hydrogen (secondary N) is 1. The number of halogens is 2. The summed E-state index contributed by atoms with van der Waals surface area (Å²) in [5.41, 5.74) is 0. The molecule has 3 rings (SSSR count). The van der Waals surface area contributed by atoms with Crippen molar-refractivity contribution in [3.8, 4) is 0 Å². The molecule has 0 aromatic heterocycles. The van der Waals surface area contributed by atoms with E-state index in [-0.39, 0.29) is 24.8 Å². The van der Waals surface area contributed by atoms with Crippen LogP contribution in [0.2, 0.25) is 0 Å². The fraction of sp³-hybridized carbons (Fsp3) is 1.00. The van der Waals surface area contributed by atoms with E-state index in [0.717, 1.165) is 12.0 Å². The lowest BCUT2D eigenvalue weighted by Crippen LogP contribution is -2.47. The Morgan fingerprint density at radius 3 is 2.05 bits per heavy atom. The average Bonchev–Trinajstić information content (AvgIpc) is 3.23. The lowest BCUT2D eigenvalue weighted by Gasteiger charge is -2.35. The minimum Gasteiger partial charge on any atom is -0.317 e. The molecule has 0 radical (unpaired) electrons. The lowest BCUT2D eigenvalue weighted by atomic mass is 9.94. The summed E-state index contributed by atoms with van der Waals surface area (Å²) in [6.45, 7) is 9.15. The third kappa shape index (κ3) is 5.39. The summed E-state index contributed by atoms with van der Waals surface area (Å²) in [6, 6.07) is 0.974. The quantitative estimate of drug-likeness (QED) is 0.857. The highest BCUT2D eigenvalue weighted by atomic mass is 35.5. The Labute approximate surface area is 130 Å². The molecular weight excluding hydrogens is 281 g/mol. The highest BCUT2D eigenvalue weighted by Crippen LogP contribution is 2.27. The van der Waals surface area contributed by atoms with Gasteiger partial charge in [-0.05, 0) is 57.7 Å². The molecule has 114 valence electrons. The molecule has 2 saturated heterocycles. The second kappa shape index (κ2) is 8.68. The number of rotatable bonds is 4. The van der Waals surface area contributed by atoms with E-state index in [1.54, 1.807) is 0 Å². The van der Waals surface area contributed by atoms with Crippen molar-refractivity contribution in [2.45, 2.75) is 38.1 Å². The van der Waals surface area contributed by atoms with Gasteiger partial charge in [-0.15, -0.1) is 24.8 Å². The molecule has 0 aromatic carbocycles. The summed E-state index contributed by atoms with van der Waals surface area (Å²) in [7, 11) is 0. The summed E-state index contributed by atoms with van der Waals surface area (Å²) < 4.78 is 0. The van der Waals surface area contributed by atoms with Gasteiger partial charge in [-0.1, -0.05) is 0 Å². The van der Waals surface area contributed by atoms with E-state index in [0.29, 0.717) is 0 Å². The SMILES string of the molecule is C1CC(CCN2CCN(C3CC3)CC2)CCN1.Cl.Cl. The summed E-state index contributed by atoms with van der Waals surface area (Å²) in [5.74, 6) is 0.998. The molecule has 19 heavy (non-hydrogen) atoms. The monoisotopic (exact) mass is 309 g/mol. The van der Waals surface area contributed by atoms with Gasteiger partial charge in [-0.2, -0.15) is 0 Å². The first-order valence-corrected chi connectivity index (χ1v) is 7.59. The Balaban J connectivity index is 0.000000902. The van der Waals surface area contributed by atoms with Crippen molar-refractivity contribution in [3.63, 3.8) is 0 Å². The molecule has 0 unspecified atom stereocenters. The molecule has 2 heterocycles. The Bertz CT molecular complexity index is 235. The fourth-order valence-electron chi connectivity index (χ4n) is 3.33. The van der Waals surface area contributed by atoms with Gasteiger partial charge in [0.25, 0.3) is 0 Å². The van der Waals surface area contributed by atoms with Crippen LogP contribution in [-0.2, 0) is 0 Å². The minimum absolute atomic E-state index is 0. The van der Waals surface area contributed by atoms with Crippen molar-refractivity contribution in [3.05, 3.63) is 0 Å². The van der Waals surface area contributed by atoms with E-state index >= 15 is 0 Å². The zero-order valence-electron chi connectivity index (χ0n) is 11.9. The maximum absolute atomic E-state index is 3.46. The van der Waals surface area contributed by atoms with E-state index in [9.17, 15) is 0 Å². The molecule has 3 nitrogen and oxygen atoms in total. The molecule has 0 bridgehead atoms. The standard InChI is InChI=1S/C14H27N3.2ClH/c1-2-14(1)17-11-9-16(10-12-17)8-5-13-3-6-15-7-4-13;;/h13-15H,1-12H2;2*1H. The van der Waals surface area contributed by atoms with Crippen molar-refractivity contribution in [1.82, 2.24) is 15.1 Å². The van der Waals surface area contributed by atoms with Gasteiger partial charge in [0.2, 0.25) is 0 Å². The molecular formula is C14H29Cl2N3. The first-order valence-electron chi connectivity index (χ1n) is 7.59. The average molecular weight is 310 g/mol. The largest absolute Gasteiger partial charge is 0.317 e. The fourth-order valence-corrected chi connectivity index (χ4v) is 3.33. The van der Waals surface area contributed by atoms with Crippen LogP contribution in [0.3, 0.4) is 0 Å². The lowest BCUT2D eigenvalue weighted by molar-refractivity contribution is 0.119. The van der Waals surface area contributed by atoms with Crippen molar-refractivity contribution < 1.29 is 0 Å². The molecule has 3 fully saturated rings. The van der Waals surface area contributed by atoms with Gasteiger partial charge in [0.05, 0.1) is 0 Å². The van der Waals surface area contributed by atoms with Crippen LogP contribution in [0.5, 0.6) is 0 Å². The second-order valence-corrected chi connectivity index (χ2v) is 6.09. The van der Waals surface area contributed by atoms with Crippen LogP contribution in [0, 0.1) is 5.92 Å². The van der Waals surface area contributed by atoms with Gasteiger partial charge in [0.1, 0.15) is 0 Å². The zero-order valence-corrected chi connectivity index (χ0v) is 13.5.